The first-order chi connectivity index (χ1) is 11.7. The fourth-order valence-electron chi connectivity index (χ4n) is 3.71. The Balaban J connectivity index is 1.48. The second-order valence-electron chi connectivity index (χ2n) is 6.59. The fourth-order valence-corrected chi connectivity index (χ4v) is 3.71. The number of ether oxygens (including phenoxy) is 1. The summed E-state index contributed by atoms with van der Waals surface area (Å²) < 4.78 is 5.50. The molecule has 24 heavy (non-hydrogen) atoms. The summed E-state index contributed by atoms with van der Waals surface area (Å²) in [6, 6.07) is 5.53. The molecule has 0 radical (unpaired) electrons. The van der Waals surface area contributed by atoms with Crippen LogP contribution in [0.5, 0.6) is 0 Å². The number of carbonyl (C=O) groups is 1. The topological polar surface area (TPSA) is 75.3 Å². The summed E-state index contributed by atoms with van der Waals surface area (Å²) in [4.78, 5) is 33.8. The van der Waals surface area contributed by atoms with Gasteiger partial charge in [-0.05, 0) is 43.9 Å². The van der Waals surface area contributed by atoms with Gasteiger partial charge in [0.15, 0.2) is 0 Å². The first-order valence-corrected chi connectivity index (χ1v) is 8.61. The van der Waals surface area contributed by atoms with E-state index in [-0.39, 0.29) is 23.5 Å². The minimum Gasteiger partial charge on any atom is -0.368 e. The summed E-state index contributed by atoms with van der Waals surface area (Å²) in [5.41, 5.74) is 1.57. The molecule has 2 aliphatic rings. The van der Waals surface area contributed by atoms with Crippen molar-refractivity contribution in [2.45, 2.75) is 37.7 Å². The average Bonchev–Trinajstić information content (AvgIpc) is 3.16. The number of nitrogens with one attached hydrogen (secondary N) is 1. The van der Waals surface area contributed by atoms with E-state index in [0.29, 0.717) is 25.1 Å². The molecular formula is C18H21N3O3. The van der Waals surface area contributed by atoms with Crippen molar-refractivity contribution in [3.63, 3.8) is 0 Å². The zero-order chi connectivity index (χ0) is 16.5. The van der Waals surface area contributed by atoms with E-state index in [9.17, 15) is 9.59 Å². The number of H-pyrrole nitrogens is 1. The third-order valence-electron chi connectivity index (χ3n) is 5.08. The van der Waals surface area contributed by atoms with Crippen molar-refractivity contribution < 1.29 is 9.53 Å². The molecule has 0 bridgehead atoms. The minimum absolute atomic E-state index is 0.0894. The van der Waals surface area contributed by atoms with E-state index in [0.717, 1.165) is 36.9 Å². The van der Waals surface area contributed by atoms with Crippen LogP contribution in [0.1, 0.15) is 37.3 Å². The highest BCUT2D eigenvalue weighted by Crippen LogP contribution is 2.28. The maximum atomic E-state index is 12.4. The van der Waals surface area contributed by atoms with Gasteiger partial charge >= 0.3 is 0 Å². The second kappa shape index (κ2) is 6.36. The molecule has 1 N–H and O–H groups in total. The molecule has 4 heterocycles. The molecule has 4 rings (SSSR count). The van der Waals surface area contributed by atoms with E-state index in [4.69, 9.17) is 4.74 Å². The minimum atomic E-state index is -0.244. The monoisotopic (exact) mass is 327 g/mol. The van der Waals surface area contributed by atoms with Crippen LogP contribution in [0.4, 0.5) is 0 Å². The van der Waals surface area contributed by atoms with Crippen LogP contribution in [0.15, 0.2) is 29.2 Å². The Hall–Kier alpha value is -2.21. The Bertz CT molecular complexity index is 803. The quantitative estimate of drug-likeness (QED) is 0.913. The van der Waals surface area contributed by atoms with Gasteiger partial charge in [0.1, 0.15) is 6.10 Å². The standard InChI is InChI=1S/C18H21N3O3/c22-17-13-3-1-7-19-15(13)11-14(20-17)12-5-8-21(9-6-12)18(23)16-4-2-10-24-16/h1,3,7,11-12,16H,2,4-6,8-10H2,(H,20,22)/t16-/m0/s1. The third-order valence-corrected chi connectivity index (χ3v) is 5.08. The number of aromatic nitrogens is 2. The first kappa shape index (κ1) is 15.3. The Morgan fingerprint density at radius 1 is 1.29 bits per heavy atom. The second-order valence-corrected chi connectivity index (χ2v) is 6.59. The molecule has 1 atom stereocenters. The van der Waals surface area contributed by atoms with Crippen LogP contribution in [0.25, 0.3) is 10.9 Å². The van der Waals surface area contributed by atoms with Crippen LogP contribution in [-0.2, 0) is 9.53 Å². The number of carbonyl (C=O) groups excluding carboxylic acids is 1. The summed E-state index contributed by atoms with van der Waals surface area (Å²) in [7, 11) is 0. The molecule has 0 saturated carbocycles. The predicted octanol–water partition coefficient (Wildman–Crippen LogP) is 1.81. The van der Waals surface area contributed by atoms with Gasteiger partial charge in [0.05, 0.1) is 10.9 Å². The van der Waals surface area contributed by atoms with E-state index in [1.165, 1.54) is 0 Å². The van der Waals surface area contributed by atoms with Crippen LogP contribution >= 0.6 is 0 Å². The molecule has 2 aromatic heterocycles. The molecule has 6 heteroatoms. The van der Waals surface area contributed by atoms with Crippen molar-refractivity contribution in [1.29, 1.82) is 0 Å². The number of rotatable bonds is 2. The summed E-state index contributed by atoms with van der Waals surface area (Å²) in [5, 5.41) is 0.618. The molecule has 0 aliphatic carbocycles. The summed E-state index contributed by atoms with van der Waals surface area (Å²) in [6.07, 6.45) is 4.97. The Kier molecular flexibility index (Phi) is 4.06. The van der Waals surface area contributed by atoms with Crippen molar-refractivity contribution in [3.8, 4) is 0 Å². The molecule has 2 aliphatic heterocycles. The van der Waals surface area contributed by atoms with Crippen molar-refractivity contribution in [1.82, 2.24) is 14.9 Å². The molecule has 0 unspecified atom stereocenters. The fraction of sp³-hybridized carbons (Fsp3) is 0.500. The van der Waals surface area contributed by atoms with Crippen molar-refractivity contribution in [2.24, 2.45) is 0 Å². The van der Waals surface area contributed by atoms with Crippen molar-refractivity contribution in [3.05, 3.63) is 40.4 Å². The third kappa shape index (κ3) is 2.82. The molecule has 0 aromatic carbocycles. The molecule has 6 nitrogen and oxygen atoms in total. The smallest absolute Gasteiger partial charge is 0.257 e. The van der Waals surface area contributed by atoms with Crippen LogP contribution in [-0.4, -0.2) is 46.6 Å². The number of piperidine rings is 1. The maximum absolute atomic E-state index is 12.4. The van der Waals surface area contributed by atoms with Gasteiger partial charge in [-0.25, -0.2) is 0 Å². The Labute approximate surface area is 139 Å². The van der Waals surface area contributed by atoms with Gasteiger partial charge in [-0.1, -0.05) is 0 Å². The lowest BCUT2D eigenvalue weighted by molar-refractivity contribution is -0.142. The summed E-state index contributed by atoms with van der Waals surface area (Å²) in [5.74, 6) is 0.386. The molecule has 2 saturated heterocycles. The molecule has 2 fully saturated rings. The van der Waals surface area contributed by atoms with E-state index in [1.807, 2.05) is 11.0 Å². The van der Waals surface area contributed by atoms with Gasteiger partial charge in [0.2, 0.25) is 0 Å². The lowest BCUT2D eigenvalue weighted by Crippen LogP contribution is -2.43. The van der Waals surface area contributed by atoms with E-state index in [1.54, 1.807) is 18.3 Å². The number of likely N-dealkylation sites (tertiary alicyclic amines) is 1. The molecule has 2 aromatic rings. The van der Waals surface area contributed by atoms with E-state index in [2.05, 4.69) is 9.97 Å². The van der Waals surface area contributed by atoms with Crippen LogP contribution in [0.3, 0.4) is 0 Å². The van der Waals surface area contributed by atoms with Gasteiger partial charge < -0.3 is 14.6 Å². The van der Waals surface area contributed by atoms with Crippen LogP contribution in [0.2, 0.25) is 0 Å². The van der Waals surface area contributed by atoms with Gasteiger partial charge in [-0.3, -0.25) is 14.6 Å². The highest BCUT2D eigenvalue weighted by atomic mass is 16.5. The average molecular weight is 327 g/mol. The number of hydrogen-bond acceptors (Lipinski definition) is 4. The number of nitrogens with zero attached hydrogens (tertiary/aromatic N) is 2. The van der Waals surface area contributed by atoms with Crippen molar-refractivity contribution in [2.75, 3.05) is 19.7 Å². The van der Waals surface area contributed by atoms with Gasteiger partial charge in [-0.15, -0.1) is 0 Å². The van der Waals surface area contributed by atoms with Crippen LogP contribution in [0, 0.1) is 0 Å². The predicted molar refractivity (Wildman–Crippen MR) is 89.9 cm³/mol. The Morgan fingerprint density at radius 2 is 2.12 bits per heavy atom. The first-order valence-electron chi connectivity index (χ1n) is 8.61. The lowest BCUT2D eigenvalue weighted by atomic mass is 9.92. The summed E-state index contributed by atoms with van der Waals surface area (Å²) >= 11 is 0. The van der Waals surface area contributed by atoms with E-state index < -0.39 is 0 Å². The number of fused-ring (bicyclic) bond motifs is 1. The van der Waals surface area contributed by atoms with Gasteiger partial charge in [0, 0.05) is 37.5 Å². The highest BCUT2D eigenvalue weighted by molar-refractivity contribution is 5.81. The maximum Gasteiger partial charge on any atom is 0.257 e. The zero-order valence-electron chi connectivity index (χ0n) is 13.5. The number of aromatic amines is 1. The normalized spacial score (nSPS) is 22.2. The van der Waals surface area contributed by atoms with Gasteiger partial charge in [-0.2, -0.15) is 0 Å². The SMILES string of the molecule is O=C([C@@H]1CCCO1)N1CCC(c2cc3ncccc3c(=O)[nH]2)CC1. The molecule has 1 amide bonds. The zero-order valence-corrected chi connectivity index (χ0v) is 13.5. The summed E-state index contributed by atoms with van der Waals surface area (Å²) in [6.45, 7) is 2.12. The largest absolute Gasteiger partial charge is 0.368 e. The van der Waals surface area contributed by atoms with Crippen LogP contribution < -0.4 is 5.56 Å². The van der Waals surface area contributed by atoms with E-state index >= 15 is 0 Å². The Morgan fingerprint density at radius 3 is 2.88 bits per heavy atom. The van der Waals surface area contributed by atoms with Crippen molar-refractivity contribution >= 4 is 16.8 Å². The molecule has 126 valence electrons. The lowest BCUT2D eigenvalue weighted by Gasteiger charge is -2.33. The molecule has 0 spiro atoms. The van der Waals surface area contributed by atoms with Gasteiger partial charge in [0.25, 0.3) is 11.5 Å². The number of hydrogen-bond donors (Lipinski definition) is 1. The number of pyridine rings is 2. The number of amides is 1. The molecular weight excluding hydrogens is 306 g/mol. The highest BCUT2D eigenvalue weighted by Gasteiger charge is 2.31.